The summed E-state index contributed by atoms with van der Waals surface area (Å²) >= 11 is 0.997. The normalized spacial score (nSPS) is 10.4. The second-order valence-electron chi connectivity index (χ2n) is 4.07. The molecular formula is C15H12F2O2S. The number of ether oxygens (including phenoxy) is 1. The highest BCUT2D eigenvalue weighted by atomic mass is 32.2. The van der Waals surface area contributed by atoms with Gasteiger partial charge in [-0.15, -0.1) is 0 Å². The zero-order valence-electron chi connectivity index (χ0n) is 10.9. The number of methoxy groups -OCH3 is 1. The van der Waals surface area contributed by atoms with Gasteiger partial charge in [-0.05, 0) is 37.3 Å². The van der Waals surface area contributed by atoms with Gasteiger partial charge in [0.05, 0.1) is 17.6 Å². The SMILES string of the molecule is COc1cccc(Sc2cc(F)ccc2F)c1C(C)=O. The second-order valence-corrected chi connectivity index (χ2v) is 5.15. The predicted molar refractivity (Wildman–Crippen MR) is 73.5 cm³/mol. The molecule has 0 saturated carbocycles. The van der Waals surface area contributed by atoms with Crippen LogP contribution in [-0.2, 0) is 0 Å². The van der Waals surface area contributed by atoms with Gasteiger partial charge in [0.25, 0.3) is 0 Å². The minimum atomic E-state index is -0.534. The lowest BCUT2D eigenvalue weighted by atomic mass is 10.1. The molecule has 0 fully saturated rings. The van der Waals surface area contributed by atoms with E-state index in [0.29, 0.717) is 16.2 Å². The third kappa shape index (κ3) is 2.99. The Labute approximate surface area is 119 Å². The fourth-order valence-corrected chi connectivity index (χ4v) is 2.85. The van der Waals surface area contributed by atoms with E-state index in [1.165, 1.54) is 14.0 Å². The summed E-state index contributed by atoms with van der Waals surface area (Å²) in [4.78, 5) is 12.4. The lowest BCUT2D eigenvalue weighted by Gasteiger charge is -2.11. The average Bonchev–Trinajstić information content (AvgIpc) is 2.42. The van der Waals surface area contributed by atoms with Crippen LogP contribution in [0.25, 0.3) is 0 Å². The quantitative estimate of drug-likeness (QED) is 0.785. The zero-order chi connectivity index (χ0) is 14.7. The van der Waals surface area contributed by atoms with Crippen LogP contribution in [0.5, 0.6) is 5.75 Å². The summed E-state index contributed by atoms with van der Waals surface area (Å²) in [6.07, 6.45) is 0. The molecule has 0 aliphatic rings. The number of Topliss-reactive ketones (excluding diaryl/α,β-unsaturated/α-hetero) is 1. The molecule has 0 aliphatic heterocycles. The van der Waals surface area contributed by atoms with Crippen LogP contribution in [0.4, 0.5) is 8.78 Å². The molecule has 0 bridgehead atoms. The summed E-state index contributed by atoms with van der Waals surface area (Å²) in [5, 5.41) is 0. The van der Waals surface area contributed by atoms with Gasteiger partial charge in [-0.1, -0.05) is 17.8 Å². The van der Waals surface area contributed by atoms with Gasteiger partial charge < -0.3 is 4.74 Å². The molecule has 2 aromatic carbocycles. The van der Waals surface area contributed by atoms with Gasteiger partial charge in [0, 0.05) is 4.90 Å². The van der Waals surface area contributed by atoms with E-state index in [1.807, 2.05) is 0 Å². The Hall–Kier alpha value is -1.88. The van der Waals surface area contributed by atoms with Crippen LogP contribution in [0.1, 0.15) is 17.3 Å². The van der Waals surface area contributed by atoms with Crippen molar-refractivity contribution in [2.75, 3.05) is 7.11 Å². The smallest absolute Gasteiger partial charge is 0.164 e. The maximum absolute atomic E-state index is 13.7. The van der Waals surface area contributed by atoms with Crippen molar-refractivity contribution in [3.63, 3.8) is 0 Å². The maximum Gasteiger partial charge on any atom is 0.164 e. The van der Waals surface area contributed by atoms with Crippen molar-refractivity contribution in [1.29, 1.82) is 0 Å². The van der Waals surface area contributed by atoms with Crippen molar-refractivity contribution in [1.82, 2.24) is 0 Å². The summed E-state index contributed by atoms with van der Waals surface area (Å²) in [5.41, 5.74) is 0.365. The highest BCUT2D eigenvalue weighted by Gasteiger charge is 2.16. The Balaban J connectivity index is 2.48. The lowest BCUT2D eigenvalue weighted by molar-refractivity contribution is 0.101. The fraction of sp³-hybridized carbons (Fsp3) is 0.133. The van der Waals surface area contributed by atoms with Gasteiger partial charge in [0.1, 0.15) is 17.4 Å². The molecule has 0 radical (unpaired) electrons. The number of halogens is 2. The molecule has 0 amide bonds. The first-order valence-corrected chi connectivity index (χ1v) is 6.65. The molecule has 0 saturated heterocycles. The topological polar surface area (TPSA) is 26.3 Å². The Kier molecular flexibility index (Phi) is 4.39. The van der Waals surface area contributed by atoms with E-state index in [1.54, 1.807) is 18.2 Å². The van der Waals surface area contributed by atoms with Crippen molar-refractivity contribution < 1.29 is 18.3 Å². The first-order chi connectivity index (χ1) is 9.52. The summed E-state index contributed by atoms with van der Waals surface area (Å²) in [7, 11) is 1.46. The molecule has 5 heteroatoms. The minimum absolute atomic E-state index is 0.126. The lowest BCUT2D eigenvalue weighted by Crippen LogP contribution is -2.00. The van der Waals surface area contributed by atoms with Crippen LogP contribution in [-0.4, -0.2) is 12.9 Å². The second kappa shape index (κ2) is 6.05. The average molecular weight is 294 g/mol. The number of ketones is 1. The minimum Gasteiger partial charge on any atom is -0.496 e. The molecule has 104 valence electrons. The van der Waals surface area contributed by atoms with Crippen LogP contribution < -0.4 is 4.74 Å². The highest BCUT2D eigenvalue weighted by Crippen LogP contribution is 2.36. The standard InChI is InChI=1S/C15H12F2O2S/c1-9(18)15-12(19-2)4-3-5-13(15)20-14-8-10(16)6-7-11(14)17/h3-8H,1-2H3. The molecule has 2 nitrogen and oxygen atoms in total. The van der Waals surface area contributed by atoms with Crippen molar-refractivity contribution in [2.24, 2.45) is 0 Å². The molecule has 2 aromatic rings. The number of rotatable bonds is 4. The van der Waals surface area contributed by atoms with E-state index in [0.717, 1.165) is 30.0 Å². The summed E-state index contributed by atoms with van der Waals surface area (Å²) in [5.74, 6) is -0.837. The summed E-state index contributed by atoms with van der Waals surface area (Å²) < 4.78 is 32.0. The Morgan fingerprint density at radius 2 is 1.90 bits per heavy atom. The van der Waals surface area contributed by atoms with Gasteiger partial charge in [-0.2, -0.15) is 0 Å². The largest absolute Gasteiger partial charge is 0.496 e. The van der Waals surface area contributed by atoms with Crippen molar-refractivity contribution in [2.45, 2.75) is 16.7 Å². The molecule has 0 aliphatic carbocycles. The van der Waals surface area contributed by atoms with Crippen LogP contribution in [0.2, 0.25) is 0 Å². The van der Waals surface area contributed by atoms with Gasteiger partial charge >= 0.3 is 0 Å². The van der Waals surface area contributed by atoms with Gasteiger partial charge in [0.2, 0.25) is 0 Å². The third-order valence-electron chi connectivity index (χ3n) is 2.67. The van der Waals surface area contributed by atoms with E-state index in [4.69, 9.17) is 4.74 Å². The molecule has 0 atom stereocenters. The van der Waals surface area contributed by atoms with Gasteiger partial charge in [-0.3, -0.25) is 4.79 Å². The molecule has 0 unspecified atom stereocenters. The van der Waals surface area contributed by atoms with E-state index in [-0.39, 0.29) is 10.7 Å². The fourth-order valence-electron chi connectivity index (χ4n) is 1.79. The number of benzene rings is 2. The van der Waals surface area contributed by atoms with E-state index < -0.39 is 11.6 Å². The first-order valence-electron chi connectivity index (χ1n) is 5.83. The highest BCUT2D eigenvalue weighted by molar-refractivity contribution is 7.99. The molecule has 0 N–H and O–H groups in total. The summed E-state index contributed by atoms with van der Waals surface area (Å²) in [6.45, 7) is 1.41. The molecule has 0 spiro atoms. The van der Waals surface area contributed by atoms with E-state index in [2.05, 4.69) is 0 Å². The van der Waals surface area contributed by atoms with Crippen molar-refractivity contribution >= 4 is 17.5 Å². The number of carbonyl (C=O) groups excluding carboxylic acids is 1. The number of carbonyl (C=O) groups is 1. The Bertz CT molecular complexity index is 656. The van der Waals surface area contributed by atoms with Crippen LogP contribution in [0.3, 0.4) is 0 Å². The van der Waals surface area contributed by atoms with E-state index >= 15 is 0 Å². The molecular weight excluding hydrogens is 282 g/mol. The monoisotopic (exact) mass is 294 g/mol. The van der Waals surface area contributed by atoms with E-state index in [9.17, 15) is 13.6 Å². The van der Waals surface area contributed by atoms with Crippen molar-refractivity contribution in [3.8, 4) is 5.75 Å². The molecule has 0 heterocycles. The number of hydrogen-bond donors (Lipinski definition) is 0. The summed E-state index contributed by atoms with van der Waals surface area (Å²) in [6, 6.07) is 8.24. The van der Waals surface area contributed by atoms with Crippen LogP contribution in [0, 0.1) is 11.6 Å². The maximum atomic E-state index is 13.7. The predicted octanol–water partition coefficient (Wildman–Crippen LogP) is 4.33. The molecule has 2 rings (SSSR count). The van der Waals surface area contributed by atoms with Crippen molar-refractivity contribution in [3.05, 3.63) is 53.6 Å². The molecule has 0 aromatic heterocycles. The third-order valence-corrected chi connectivity index (χ3v) is 3.77. The zero-order valence-corrected chi connectivity index (χ0v) is 11.8. The Morgan fingerprint density at radius 3 is 2.55 bits per heavy atom. The van der Waals surface area contributed by atoms with Gasteiger partial charge in [0.15, 0.2) is 5.78 Å². The van der Waals surface area contributed by atoms with Crippen LogP contribution >= 0.6 is 11.8 Å². The van der Waals surface area contributed by atoms with Gasteiger partial charge in [-0.25, -0.2) is 8.78 Å². The Morgan fingerprint density at radius 1 is 1.15 bits per heavy atom. The number of hydrogen-bond acceptors (Lipinski definition) is 3. The molecule has 20 heavy (non-hydrogen) atoms. The first kappa shape index (κ1) is 14.5. The van der Waals surface area contributed by atoms with Crippen LogP contribution in [0.15, 0.2) is 46.2 Å².